The summed E-state index contributed by atoms with van der Waals surface area (Å²) in [4.78, 5) is 31.3. The van der Waals surface area contributed by atoms with E-state index in [-0.39, 0.29) is 25.2 Å². The Hall–Kier alpha value is -2.12. The summed E-state index contributed by atoms with van der Waals surface area (Å²) < 4.78 is 10.9. The van der Waals surface area contributed by atoms with Gasteiger partial charge < -0.3 is 14.4 Å². The van der Waals surface area contributed by atoms with Crippen LogP contribution < -0.4 is 4.74 Å². The number of esters is 1. The summed E-state index contributed by atoms with van der Waals surface area (Å²) in [6.45, 7) is 1.73. The molecule has 0 unspecified atom stereocenters. The molecule has 0 N–H and O–H groups in total. The Kier molecular flexibility index (Phi) is 7.50. The summed E-state index contributed by atoms with van der Waals surface area (Å²) in [5.41, 5.74) is 0.572. The highest BCUT2D eigenvalue weighted by atomic mass is 35.5. The van der Waals surface area contributed by atoms with Crippen LogP contribution in [0.5, 0.6) is 5.75 Å². The molecule has 0 atom stereocenters. The molecule has 0 radical (unpaired) electrons. The van der Waals surface area contributed by atoms with Crippen molar-refractivity contribution < 1.29 is 19.1 Å². The molecule has 6 nitrogen and oxygen atoms in total. The van der Waals surface area contributed by atoms with Crippen molar-refractivity contribution in [2.45, 2.75) is 51.7 Å². The number of hydrogen-bond donors (Lipinski definition) is 0. The van der Waals surface area contributed by atoms with Crippen LogP contribution in [0.15, 0.2) is 24.3 Å². The van der Waals surface area contributed by atoms with E-state index in [1.807, 2.05) is 0 Å². The molecule has 1 heterocycles. The molecule has 1 aliphatic carbocycles. The smallest absolute Gasteiger partial charge is 0.350 e. The van der Waals surface area contributed by atoms with E-state index in [1.165, 1.54) is 17.8 Å². The Morgan fingerprint density at radius 3 is 2.59 bits per heavy atom. The van der Waals surface area contributed by atoms with E-state index < -0.39 is 5.97 Å². The van der Waals surface area contributed by atoms with Gasteiger partial charge in [-0.25, -0.2) is 9.78 Å². The number of likely N-dealkylation sites (N-methyl/N-ethyl adjacent to an activating group) is 1. The first-order valence-corrected chi connectivity index (χ1v) is 10.9. The maximum Gasteiger partial charge on any atom is 0.350 e. The summed E-state index contributed by atoms with van der Waals surface area (Å²) in [5.74, 6) is -0.0235. The van der Waals surface area contributed by atoms with Crippen molar-refractivity contribution in [3.8, 4) is 5.75 Å². The van der Waals surface area contributed by atoms with Crippen LogP contribution in [0.1, 0.15) is 52.5 Å². The van der Waals surface area contributed by atoms with Crippen molar-refractivity contribution in [2.24, 2.45) is 0 Å². The second kappa shape index (κ2) is 10.1. The zero-order chi connectivity index (χ0) is 20.8. The van der Waals surface area contributed by atoms with Crippen LogP contribution in [0.3, 0.4) is 0 Å². The Morgan fingerprint density at radius 1 is 1.21 bits per heavy atom. The Labute approximate surface area is 179 Å². The van der Waals surface area contributed by atoms with Gasteiger partial charge in [0.25, 0.3) is 5.91 Å². The fourth-order valence-corrected chi connectivity index (χ4v) is 4.34. The number of benzene rings is 1. The van der Waals surface area contributed by atoms with Crippen molar-refractivity contribution in [1.29, 1.82) is 0 Å². The Balaban J connectivity index is 1.51. The zero-order valence-corrected chi connectivity index (χ0v) is 18.2. The number of aromatic nitrogens is 1. The van der Waals surface area contributed by atoms with Gasteiger partial charge in [0.2, 0.25) is 0 Å². The maximum atomic E-state index is 12.4. The van der Waals surface area contributed by atoms with Crippen molar-refractivity contribution in [1.82, 2.24) is 9.88 Å². The third-order valence-electron chi connectivity index (χ3n) is 5.04. The number of carbonyl (C=O) groups excluding carboxylic acids is 2. The number of amides is 1. The lowest BCUT2D eigenvalue weighted by molar-refractivity contribution is -0.135. The summed E-state index contributed by atoms with van der Waals surface area (Å²) in [7, 11) is 1.79. The lowest BCUT2D eigenvalue weighted by Crippen LogP contribution is -2.40. The monoisotopic (exact) mass is 436 g/mol. The van der Waals surface area contributed by atoms with E-state index in [0.29, 0.717) is 26.4 Å². The van der Waals surface area contributed by atoms with Crippen molar-refractivity contribution in [3.63, 3.8) is 0 Å². The highest BCUT2D eigenvalue weighted by Gasteiger charge is 2.24. The summed E-state index contributed by atoms with van der Waals surface area (Å²) in [6, 6.07) is 7.28. The predicted octanol–water partition coefficient (Wildman–Crippen LogP) is 4.63. The van der Waals surface area contributed by atoms with Crippen LogP contribution in [-0.2, 0) is 16.1 Å². The third kappa shape index (κ3) is 5.93. The number of ether oxygens (including phenoxy) is 2. The molecule has 2 aromatic rings. The van der Waals surface area contributed by atoms with Crippen LogP contribution in [0.4, 0.5) is 0 Å². The molecule has 1 aromatic carbocycles. The van der Waals surface area contributed by atoms with Crippen molar-refractivity contribution in [3.05, 3.63) is 44.9 Å². The number of hydrogen-bond acceptors (Lipinski definition) is 6. The molecular weight excluding hydrogens is 412 g/mol. The van der Waals surface area contributed by atoms with E-state index in [0.717, 1.165) is 25.7 Å². The van der Waals surface area contributed by atoms with Crippen molar-refractivity contribution in [2.75, 3.05) is 13.7 Å². The van der Waals surface area contributed by atoms with Gasteiger partial charge in [-0.2, -0.15) is 0 Å². The number of carbonyl (C=O) groups is 2. The average Bonchev–Trinajstić information content (AvgIpc) is 3.12. The first-order chi connectivity index (χ1) is 13.9. The lowest BCUT2D eigenvalue weighted by atomic mass is 9.94. The number of halogens is 1. The van der Waals surface area contributed by atoms with Gasteiger partial charge in [-0.1, -0.05) is 30.9 Å². The van der Waals surface area contributed by atoms with E-state index in [2.05, 4.69) is 4.98 Å². The standard InChI is InChI=1S/C21H25ClN2O4S/c1-14-20(29-18(23-14)12-27-17-10-8-15(22)9-11-17)21(26)28-13-19(25)24(2)16-6-4-3-5-7-16/h8-11,16H,3-7,12-13H2,1-2H3. The molecule has 1 saturated carbocycles. The summed E-state index contributed by atoms with van der Waals surface area (Å²) in [5, 5.41) is 1.30. The van der Waals surface area contributed by atoms with Gasteiger partial charge in [-0.3, -0.25) is 4.79 Å². The van der Waals surface area contributed by atoms with E-state index >= 15 is 0 Å². The molecule has 1 fully saturated rings. The second-order valence-electron chi connectivity index (χ2n) is 7.14. The van der Waals surface area contributed by atoms with Gasteiger partial charge >= 0.3 is 5.97 Å². The van der Waals surface area contributed by atoms with E-state index in [4.69, 9.17) is 21.1 Å². The molecular formula is C21H25ClN2O4S. The molecule has 8 heteroatoms. The topological polar surface area (TPSA) is 68.7 Å². The Morgan fingerprint density at radius 2 is 1.90 bits per heavy atom. The van der Waals surface area contributed by atoms with Crippen molar-refractivity contribution >= 4 is 34.8 Å². The molecule has 0 spiro atoms. The van der Waals surface area contributed by atoms with Crippen LogP contribution in [0.25, 0.3) is 0 Å². The molecule has 29 heavy (non-hydrogen) atoms. The normalized spacial score (nSPS) is 14.4. The number of thiazole rings is 1. The molecule has 1 aliphatic rings. The first kappa shape index (κ1) is 21.6. The largest absolute Gasteiger partial charge is 0.486 e. The SMILES string of the molecule is Cc1nc(COc2ccc(Cl)cc2)sc1C(=O)OCC(=O)N(C)C1CCCCC1. The fourth-order valence-electron chi connectivity index (χ4n) is 3.35. The minimum atomic E-state index is -0.525. The van der Waals surface area contributed by atoms with Gasteiger partial charge in [-0.05, 0) is 44.0 Å². The number of rotatable bonds is 7. The van der Waals surface area contributed by atoms with E-state index in [9.17, 15) is 9.59 Å². The molecule has 1 amide bonds. The first-order valence-electron chi connectivity index (χ1n) is 9.71. The quantitative estimate of drug-likeness (QED) is 0.592. The molecule has 0 bridgehead atoms. The minimum Gasteiger partial charge on any atom is -0.486 e. The van der Waals surface area contributed by atoms with Gasteiger partial charge in [-0.15, -0.1) is 11.3 Å². The lowest BCUT2D eigenvalue weighted by Gasteiger charge is -2.31. The highest BCUT2D eigenvalue weighted by Crippen LogP contribution is 2.23. The van der Waals surface area contributed by atoms with Gasteiger partial charge in [0.15, 0.2) is 6.61 Å². The van der Waals surface area contributed by atoms with Gasteiger partial charge in [0.05, 0.1) is 5.69 Å². The third-order valence-corrected chi connectivity index (χ3v) is 6.41. The average molecular weight is 437 g/mol. The maximum absolute atomic E-state index is 12.4. The molecule has 0 aliphatic heterocycles. The summed E-state index contributed by atoms with van der Waals surface area (Å²) >= 11 is 7.08. The molecule has 3 rings (SSSR count). The summed E-state index contributed by atoms with van der Waals surface area (Å²) in [6.07, 6.45) is 5.54. The fraction of sp³-hybridized carbons (Fsp3) is 0.476. The molecule has 156 valence electrons. The second-order valence-corrected chi connectivity index (χ2v) is 8.66. The number of nitrogens with zero attached hydrogens (tertiary/aromatic N) is 2. The molecule has 1 aromatic heterocycles. The Bertz CT molecular complexity index is 847. The molecule has 0 saturated heterocycles. The van der Waals surface area contributed by atoms with Gasteiger partial charge in [0.1, 0.15) is 22.2 Å². The van der Waals surface area contributed by atoms with Crippen LogP contribution in [0.2, 0.25) is 5.02 Å². The van der Waals surface area contributed by atoms with Crippen LogP contribution in [0, 0.1) is 6.92 Å². The number of aryl methyl sites for hydroxylation is 1. The minimum absolute atomic E-state index is 0.168. The highest BCUT2D eigenvalue weighted by molar-refractivity contribution is 7.13. The van der Waals surface area contributed by atoms with Crippen LogP contribution >= 0.6 is 22.9 Å². The van der Waals surface area contributed by atoms with Crippen LogP contribution in [-0.4, -0.2) is 41.5 Å². The predicted molar refractivity (Wildman–Crippen MR) is 113 cm³/mol. The zero-order valence-electron chi connectivity index (χ0n) is 16.7. The van der Waals surface area contributed by atoms with E-state index in [1.54, 1.807) is 43.1 Å². The van der Waals surface area contributed by atoms with Gasteiger partial charge in [0, 0.05) is 18.1 Å².